The summed E-state index contributed by atoms with van der Waals surface area (Å²) in [6.45, 7) is 8.69. The lowest BCUT2D eigenvalue weighted by Crippen LogP contribution is -2.54. The summed E-state index contributed by atoms with van der Waals surface area (Å²) in [5.41, 5.74) is 0. The summed E-state index contributed by atoms with van der Waals surface area (Å²) in [6.07, 6.45) is 0.697. The van der Waals surface area contributed by atoms with Gasteiger partial charge in [-0.2, -0.15) is 0 Å². The van der Waals surface area contributed by atoms with E-state index in [4.69, 9.17) is 0 Å². The molecule has 1 aliphatic rings. The fourth-order valence-corrected chi connectivity index (χ4v) is 2.04. The van der Waals surface area contributed by atoms with Crippen LogP contribution in [0.1, 0.15) is 27.2 Å². The lowest BCUT2D eigenvalue weighted by molar-refractivity contribution is -0.137. The molecular formula is C12H23N3O2. The maximum absolute atomic E-state index is 12.3. The Labute approximate surface area is 103 Å². The maximum atomic E-state index is 12.3. The van der Waals surface area contributed by atoms with Crippen molar-refractivity contribution < 1.29 is 9.59 Å². The molecule has 1 heterocycles. The van der Waals surface area contributed by atoms with E-state index in [1.54, 1.807) is 0 Å². The number of hydrogen-bond acceptors (Lipinski definition) is 3. The standard InChI is InChI=1S/C12H23N3O2/c1-9(2)8-11(14-10(3)16)12(17)15-6-4-13-5-7-15/h9,11,13H,4-8H2,1-3H3,(H,14,16). The van der Waals surface area contributed by atoms with E-state index >= 15 is 0 Å². The molecule has 1 rings (SSSR count). The Morgan fingerprint density at radius 2 is 1.88 bits per heavy atom. The zero-order valence-corrected chi connectivity index (χ0v) is 11.0. The monoisotopic (exact) mass is 241 g/mol. The molecular weight excluding hydrogens is 218 g/mol. The molecule has 1 saturated heterocycles. The van der Waals surface area contributed by atoms with Gasteiger partial charge in [0.15, 0.2) is 0 Å². The molecule has 5 heteroatoms. The number of rotatable bonds is 4. The first kappa shape index (κ1) is 14.0. The number of carbonyl (C=O) groups excluding carboxylic acids is 2. The second kappa shape index (κ2) is 6.59. The molecule has 0 saturated carbocycles. The van der Waals surface area contributed by atoms with E-state index in [9.17, 15) is 9.59 Å². The van der Waals surface area contributed by atoms with Crippen LogP contribution in [0.3, 0.4) is 0 Å². The molecule has 0 aromatic rings. The summed E-state index contributed by atoms with van der Waals surface area (Å²) in [6, 6.07) is -0.370. The summed E-state index contributed by atoms with van der Waals surface area (Å²) < 4.78 is 0. The lowest BCUT2D eigenvalue weighted by atomic mass is 10.0. The number of nitrogens with one attached hydrogen (secondary N) is 2. The Morgan fingerprint density at radius 1 is 1.29 bits per heavy atom. The Balaban J connectivity index is 2.60. The molecule has 5 nitrogen and oxygen atoms in total. The number of nitrogens with zero attached hydrogens (tertiary/aromatic N) is 1. The SMILES string of the molecule is CC(=O)NC(CC(C)C)C(=O)N1CCNCC1. The van der Waals surface area contributed by atoms with Crippen LogP contribution >= 0.6 is 0 Å². The molecule has 0 aromatic heterocycles. The maximum Gasteiger partial charge on any atom is 0.245 e. The molecule has 17 heavy (non-hydrogen) atoms. The summed E-state index contributed by atoms with van der Waals surface area (Å²) in [4.78, 5) is 25.2. The lowest BCUT2D eigenvalue weighted by Gasteiger charge is -2.31. The minimum absolute atomic E-state index is 0.0513. The van der Waals surface area contributed by atoms with Crippen molar-refractivity contribution in [3.63, 3.8) is 0 Å². The first-order valence-corrected chi connectivity index (χ1v) is 6.27. The van der Waals surface area contributed by atoms with Gasteiger partial charge in [-0.1, -0.05) is 13.8 Å². The number of piperazine rings is 1. The van der Waals surface area contributed by atoms with Gasteiger partial charge in [0.2, 0.25) is 11.8 Å². The van der Waals surface area contributed by atoms with Crippen LogP contribution in [0.25, 0.3) is 0 Å². The van der Waals surface area contributed by atoms with Crippen molar-refractivity contribution in [2.45, 2.75) is 33.2 Å². The minimum atomic E-state index is -0.370. The summed E-state index contributed by atoms with van der Waals surface area (Å²) in [5, 5.41) is 5.97. The molecule has 2 N–H and O–H groups in total. The molecule has 1 unspecified atom stereocenters. The largest absolute Gasteiger partial charge is 0.345 e. The quantitative estimate of drug-likeness (QED) is 0.726. The average Bonchev–Trinajstić information content (AvgIpc) is 2.27. The topological polar surface area (TPSA) is 61.4 Å². The van der Waals surface area contributed by atoms with Crippen molar-refractivity contribution in [2.75, 3.05) is 26.2 Å². The minimum Gasteiger partial charge on any atom is -0.345 e. The first-order valence-electron chi connectivity index (χ1n) is 6.27. The van der Waals surface area contributed by atoms with Crippen LogP contribution in [0.15, 0.2) is 0 Å². The van der Waals surface area contributed by atoms with Gasteiger partial charge >= 0.3 is 0 Å². The van der Waals surface area contributed by atoms with Gasteiger partial charge in [0.1, 0.15) is 6.04 Å². The molecule has 1 atom stereocenters. The van der Waals surface area contributed by atoms with Crippen molar-refractivity contribution >= 4 is 11.8 Å². The Bertz CT molecular complexity index is 273. The van der Waals surface area contributed by atoms with Gasteiger partial charge in [-0.3, -0.25) is 9.59 Å². The number of hydrogen-bond donors (Lipinski definition) is 2. The van der Waals surface area contributed by atoms with Gasteiger partial charge in [-0.15, -0.1) is 0 Å². The Hall–Kier alpha value is -1.10. The van der Waals surface area contributed by atoms with E-state index in [0.29, 0.717) is 12.3 Å². The second-order valence-electron chi connectivity index (χ2n) is 4.96. The van der Waals surface area contributed by atoms with E-state index in [1.807, 2.05) is 4.90 Å². The van der Waals surface area contributed by atoms with E-state index in [1.165, 1.54) is 6.92 Å². The fourth-order valence-electron chi connectivity index (χ4n) is 2.04. The molecule has 0 spiro atoms. The smallest absolute Gasteiger partial charge is 0.245 e. The highest BCUT2D eigenvalue weighted by Crippen LogP contribution is 2.08. The van der Waals surface area contributed by atoms with Crippen LogP contribution in [0.2, 0.25) is 0 Å². The normalized spacial score (nSPS) is 18.0. The van der Waals surface area contributed by atoms with E-state index in [-0.39, 0.29) is 17.9 Å². The molecule has 2 amide bonds. The zero-order valence-electron chi connectivity index (χ0n) is 11.0. The summed E-state index contributed by atoms with van der Waals surface area (Å²) in [7, 11) is 0. The predicted octanol–water partition coefficient (Wildman–Crippen LogP) is -0.0310. The molecule has 0 radical (unpaired) electrons. The van der Waals surface area contributed by atoms with Crippen LogP contribution in [-0.2, 0) is 9.59 Å². The number of carbonyl (C=O) groups is 2. The molecule has 1 fully saturated rings. The third-order valence-electron chi connectivity index (χ3n) is 2.81. The summed E-state index contributed by atoms with van der Waals surface area (Å²) in [5.74, 6) is 0.299. The molecule has 1 aliphatic heterocycles. The van der Waals surface area contributed by atoms with Crippen molar-refractivity contribution in [1.82, 2.24) is 15.5 Å². The van der Waals surface area contributed by atoms with Crippen LogP contribution in [0.5, 0.6) is 0 Å². The second-order valence-corrected chi connectivity index (χ2v) is 4.96. The average molecular weight is 241 g/mol. The highest BCUT2D eigenvalue weighted by atomic mass is 16.2. The van der Waals surface area contributed by atoms with Crippen LogP contribution < -0.4 is 10.6 Å². The highest BCUT2D eigenvalue weighted by molar-refractivity contribution is 5.86. The van der Waals surface area contributed by atoms with Gasteiger partial charge in [-0.05, 0) is 12.3 Å². The van der Waals surface area contributed by atoms with Gasteiger partial charge in [0.05, 0.1) is 0 Å². The van der Waals surface area contributed by atoms with Crippen molar-refractivity contribution in [2.24, 2.45) is 5.92 Å². The molecule has 0 aliphatic carbocycles. The van der Waals surface area contributed by atoms with Crippen LogP contribution in [0.4, 0.5) is 0 Å². The molecule has 0 bridgehead atoms. The van der Waals surface area contributed by atoms with Gasteiger partial charge in [0.25, 0.3) is 0 Å². The van der Waals surface area contributed by atoms with Gasteiger partial charge in [0, 0.05) is 33.1 Å². The highest BCUT2D eigenvalue weighted by Gasteiger charge is 2.26. The van der Waals surface area contributed by atoms with Gasteiger partial charge < -0.3 is 15.5 Å². The third-order valence-corrected chi connectivity index (χ3v) is 2.81. The zero-order chi connectivity index (χ0) is 12.8. The third kappa shape index (κ3) is 4.73. The van der Waals surface area contributed by atoms with Crippen molar-refractivity contribution in [3.05, 3.63) is 0 Å². The van der Waals surface area contributed by atoms with Crippen LogP contribution in [0, 0.1) is 5.92 Å². The van der Waals surface area contributed by atoms with E-state index in [2.05, 4.69) is 24.5 Å². The van der Waals surface area contributed by atoms with Crippen molar-refractivity contribution in [3.8, 4) is 0 Å². The molecule has 0 aromatic carbocycles. The summed E-state index contributed by atoms with van der Waals surface area (Å²) >= 11 is 0. The van der Waals surface area contributed by atoms with Crippen molar-refractivity contribution in [1.29, 1.82) is 0 Å². The fraction of sp³-hybridized carbons (Fsp3) is 0.833. The first-order chi connectivity index (χ1) is 8.00. The predicted molar refractivity (Wildman–Crippen MR) is 66.5 cm³/mol. The molecule has 98 valence electrons. The van der Waals surface area contributed by atoms with E-state index < -0.39 is 0 Å². The van der Waals surface area contributed by atoms with Gasteiger partial charge in [-0.25, -0.2) is 0 Å². The number of amides is 2. The Kier molecular flexibility index (Phi) is 5.41. The van der Waals surface area contributed by atoms with E-state index in [0.717, 1.165) is 26.2 Å². The Morgan fingerprint density at radius 3 is 2.35 bits per heavy atom. The van der Waals surface area contributed by atoms with Crippen LogP contribution in [-0.4, -0.2) is 48.9 Å².